The summed E-state index contributed by atoms with van der Waals surface area (Å²) in [6.07, 6.45) is 0.271. The highest BCUT2D eigenvalue weighted by Crippen LogP contribution is 2.13. The van der Waals surface area contributed by atoms with Crippen LogP contribution >= 0.6 is 28.1 Å². The average molecular weight is 312 g/mol. The number of halogens is 1. The molecule has 88 valence electrons. The van der Waals surface area contributed by atoms with Crippen molar-refractivity contribution in [2.75, 3.05) is 0 Å². The number of carbonyl (C=O) groups excluding carboxylic acids is 1. The number of H-pyrrole nitrogens is 1. The minimum Gasteiger partial charge on any atom is -0.300 e. The molecule has 0 amide bonds. The van der Waals surface area contributed by atoms with E-state index in [1.165, 1.54) is 6.92 Å². The molecule has 0 radical (unpaired) electrons. The molecule has 0 aliphatic carbocycles. The summed E-state index contributed by atoms with van der Waals surface area (Å²) in [5.41, 5.74) is 0.889. The van der Waals surface area contributed by atoms with Gasteiger partial charge < -0.3 is 0 Å². The lowest BCUT2D eigenvalue weighted by Gasteiger charge is -2.01. The van der Waals surface area contributed by atoms with Crippen molar-refractivity contribution < 1.29 is 4.79 Å². The van der Waals surface area contributed by atoms with Crippen LogP contribution in [0.15, 0.2) is 28.7 Å². The topological polar surface area (TPSA) is 50.7 Å². The first-order valence-corrected chi connectivity index (χ1v) is 6.19. The molecule has 0 unspecified atom stereocenters. The van der Waals surface area contributed by atoms with E-state index in [4.69, 9.17) is 12.2 Å². The molecule has 1 N–H and O–H groups in total. The highest BCUT2D eigenvalue weighted by atomic mass is 79.9. The van der Waals surface area contributed by atoms with Crippen molar-refractivity contribution in [3.05, 3.63) is 39.3 Å². The largest absolute Gasteiger partial charge is 0.300 e. The highest BCUT2D eigenvalue weighted by Gasteiger charge is 2.06. The van der Waals surface area contributed by atoms with Crippen LogP contribution in [0.1, 0.15) is 12.7 Å². The fourth-order valence-electron chi connectivity index (χ4n) is 1.45. The molecule has 1 aromatic heterocycles. The molecule has 2 aromatic rings. The number of carbonyl (C=O) groups is 1. The number of nitrogens with one attached hydrogen (secondary N) is 1. The third-order valence-electron chi connectivity index (χ3n) is 2.16. The Labute approximate surface area is 112 Å². The maximum absolute atomic E-state index is 11.0. The van der Waals surface area contributed by atoms with Crippen molar-refractivity contribution in [1.29, 1.82) is 0 Å². The maximum atomic E-state index is 11.0. The molecule has 6 heteroatoms. The summed E-state index contributed by atoms with van der Waals surface area (Å²) in [5, 5.41) is 3.01. The van der Waals surface area contributed by atoms with Crippen molar-refractivity contribution in [3.8, 4) is 5.69 Å². The minimum atomic E-state index is 0.0525. The van der Waals surface area contributed by atoms with Gasteiger partial charge in [-0.1, -0.05) is 15.9 Å². The second kappa shape index (κ2) is 4.93. The normalized spacial score (nSPS) is 10.5. The second-order valence-electron chi connectivity index (χ2n) is 3.64. The van der Waals surface area contributed by atoms with E-state index in [1.54, 1.807) is 4.68 Å². The first kappa shape index (κ1) is 12.2. The second-order valence-corrected chi connectivity index (χ2v) is 4.92. The molecule has 0 fully saturated rings. The number of hydrogen-bond donors (Lipinski definition) is 1. The Kier molecular flexibility index (Phi) is 3.54. The van der Waals surface area contributed by atoms with Crippen molar-refractivity contribution in [2.24, 2.45) is 0 Å². The average Bonchev–Trinajstić information content (AvgIpc) is 2.59. The zero-order valence-electron chi connectivity index (χ0n) is 9.11. The van der Waals surface area contributed by atoms with Crippen molar-refractivity contribution in [3.63, 3.8) is 0 Å². The molecular formula is C11H10BrN3OS. The van der Waals surface area contributed by atoms with Gasteiger partial charge in [-0.05, 0) is 43.4 Å². The smallest absolute Gasteiger partial charge is 0.220 e. The summed E-state index contributed by atoms with van der Waals surface area (Å²) in [6, 6.07) is 7.66. The van der Waals surface area contributed by atoms with Crippen molar-refractivity contribution in [1.82, 2.24) is 14.8 Å². The molecule has 0 atom stereocenters. The van der Waals surface area contributed by atoms with E-state index in [2.05, 4.69) is 26.0 Å². The summed E-state index contributed by atoms with van der Waals surface area (Å²) < 4.78 is 3.10. The third-order valence-corrected chi connectivity index (χ3v) is 2.97. The van der Waals surface area contributed by atoms with E-state index >= 15 is 0 Å². The molecular weight excluding hydrogens is 302 g/mol. The Morgan fingerprint density at radius 1 is 1.47 bits per heavy atom. The summed E-state index contributed by atoms with van der Waals surface area (Å²) in [4.78, 5) is 15.1. The van der Waals surface area contributed by atoms with Crippen molar-refractivity contribution >= 4 is 33.9 Å². The molecule has 1 heterocycles. The van der Waals surface area contributed by atoms with Gasteiger partial charge in [-0.3, -0.25) is 9.89 Å². The van der Waals surface area contributed by atoms with Crippen LogP contribution in [0.3, 0.4) is 0 Å². The standard InChI is InChI=1S/C11H10BrN3OS/c1-7(16)6-10-13-11(17)15(14-10)9-4-2-8(12)3-5-9/h2-5H,6H2,1H3,(H,13,14,17). The van der Waals surface area contributed by atoms with Crippen LogP contribution in [-0.2, 0) is 11.2 Å². The maximum Gasteiger partial charge on any atom is 0.220 e. The monoisotopic (exact) mass is 311 g/mol. The molecule has 17 heavy (non-hydrogen) atoms. The predicted octanol–water partition coefficient (Wildman–Crippen LogP) is 2.82. The Morgan fingerprint density at radius 2 is 2.12 bits per heavy atom. The van der Waals surface area contributed by atoms with E-state index in [-0.39, 0.29) is 12.2 Å². The van der Waals surface area contributed by atoms with Crippen LogP contribution in [0.25, 0.3) is 5.69 Å². The van der Waals surface area contributed by atoms with Crippen LogP contribution in [0.4, 0.5) is 0 Å². The predicted molar refractivity (Wildman–Crippen MR) is 70.8 cm³/mol. The number of aromatic amines is 1. The molecule has 2 rings (SSSR count). The van der Waals surface area contributed by atoms with E-state index < -0.39 is 0 Å². The zero-order valence-corrected chi connectivity index (χ0v) is 11.5. The highest BCUT2D eigenvalue weighted by molar-refractivity contribution is 9.10. The number of rotatable bonds is 3. The van der Waals surface area contributed by atoms with Gasteiger partial charge in [-0.15, -0.1) is 0 Å². The minimum absolute atomic E-state index is 0.0525. The molecule has 0 saturated carbocycles. The van der Waals surface area contributed by atoms with Gasteiger partial charge in [0.15, 0.2) is 0 Å². The van der Waals surface area contributed by atoms with Gasteiger partial charge in [-0.25, -0.2) is 9.67 Å². The summed E-state index contributed by atoms with van der Waals surface area (Å²) in [6.45, 7) is 1.52. The quantitative estimate of drug-likeness (QED) is 0.887. The summed E-state index contributed by atoms with van der Waals surface area (Å²) in [5.74, 6) is 0.641. The lowest BCUT2D eigenvalue weighted by Crippen LogP contribution is -2.00. The number of aromatic nitrogens is 3. The summed E-state index contributed by atoms with van der Waals surface area (Å²) in [7, 11) is 0. The molecule has 0 aliphatic heterocycles. The first-order valence-electron chi connectivity index (χ1n) is 4.99. The summed E-state index contributed by atoms with van der Waals surface area (Å²) >= 11 is 8.51. The zero-order chi connectivity index (χ0) is 12.4. The number of ketones is 1. The van der Waals surface area contributed by atoms with E-state index in [0.29, 0.717) is 10.6 Å². The number of nitrogens with zero attached hydrogens (tertiary/aromatic N) is 2. The molecule has 0 spiro atoms. The molecule has 1 aromatic carbocycles. The fourth-order valence-corrected chi connectivity index (χ4v) is 1.97. The number of Topliss-reactive ketones (excluding diaryl/α,β-unsaturated/α-hetero) is 1. The molecule has 0 saturated heterocycles. The number of benzene rings is 1. The molecule has 0 bridgehead atoms. The SMILES string of the molecule is CC(=O)Cc1nc(=S)n(-c2ccc(Br)cc2)[nH]1. The Hall–Kier alpha value is -1.27. The Morgan fingerprint density at radius 3 is 2.71 bits per heavy atom. The van der Waals surface area contributed by atoms with Crippen LogP contribution < -0.4 is 0 Å². The molecule has 0 aliphatic rings. The van der Waals surface area contributed by atoms with E-state index in [9.17, 15) is 4.79 Å². The fraction of sp³-hybridized carbons (Fsp3) is 0.182. The molecule has 4 nitrogen and oxygen atoms in total. The van der Waals surface area contributed by atoms with Crippen LogP contribution in [0, 0.1) is 4.77 Å². The van der Waals surface area contributed by atoms with E-state index in [0.717, 1.165) is 10.2 Å². The van der Waals surface area contributed by atoms with Gasteiger partial charge in [0.25, 0.3) is 0 Å². The van der Waals surface area contributed by atoms with Gasteiger partial charge >= 0.3 is 0 Å². The number of hydrogen-bond acceptors (Lipinski definition) is 3. The van der Waals surface area contributed by atoms with Gasteiger partial charge in [0.05, 0.1) is 12.1 Å². The Bertz CT molecular complexity index is 600. The van der Waals surface area contributed by atoms with Gasteiger partial charge in [0.2, 0.25) is 4.77 Å². The Balaban J connectivity index is 2.39. The van der Waals surface area contributed by atoms with E-state index in [1.807, 2.05) is 24.3 Å². The van der Waals surface area contributed by atoms with Crippen molar-refractivity contribution in [2.45, 2.75) is 13.3 Å². The van der Waals surface area contributed by atoms with Crippen LogP contribution in [0.5, 0.6) is 0 Å². The van der Waals surface area contributed by atoms with Gasteiger partial charge in [0.1, 0.15) is 11.6 Å². The third kappa shape index (κ3) is 2.89. The van der Waals surface area contributed by atoms with Crippen LogP contribution in [-0.4, -0.2) is 20.5 Å². The van der Waals surface area contributed by atoms with Gasteiger partial charge in [-0.2, -0.15) is 0 Å². The first-order chi connectivity index (χ1) is 8.06. The van der Waals surface area contributed by atoms with Crippen LogP contribution in [0.2, 0.25) is 0 Å². The lowest BCUT2D eigenvalue weighted by atomic mass is 10.3. The lowest BCUT2D eigenvalue weighted by molar-refractivity contribution is -0.116. The van der Waals surface area contributed by atoms with Gasteiger partial charge in [0, 0.05) is 4.47 Å².